The lowest BCUT2D eigenvalue weighted by molar-refractivity contribution is 0.177. The highest BCUT2D eigenvalue weighted by Crippen LogP contribution is 2.29. The fourth-order valence-electron chi connectivity index (χ4n) is 1.88. The Hall–Kier alpha value is -2.98. The predicted molar refractivity (Wildman–Crippen MR) is 90.3 cm³/mol. The third-order valence-electron chi connectivity index (χ3n) is 3.19. The van der Waals surface area contributed by atoms with Crippen LogP contribution in [0.2, 0.25) is 0 Å². The maximum Gasteiger partial charge on any atom is 0.710 e. The van der Waals surface area contributed by atoms with Crippen molar-refractivity contribution in [2.75, 3.05) is 0 Å². The van der Waals surface area contributed by atoms with Gasteiger partial charge in [-0.15, -0.1) is 0 Å². The monoisotopic (exact) mass is 397 g/mol. The minimum Gasteiger partial charge on any atom is -0.507 e. The molecule has 1 N–H and O–H groups in total. The van der Waals surface area contributed by atoms with E-state index in [0.29, 0.717) is 5.56 Å². The van der Waals surface area contributed by atoms with Gasteiger partial charge in [0.1, 0.15) is 0 Å². The SMILES string of the molecule is OB(OCc1ccccc1)Oc1c(F)c(F)c(F)c(F)c1F.c1ccncc1. The summed E-state index contributed by atoms with van der Waals surface area (Å²) in [5.41, 5.74) is 0.600. The van der Waals surface area contributed by atoms with Gasteiger partial charge in [0.05, 0.1) is 6.61 Å². The van der Waals surface area contributed by atoms with Gasteiger partial charge >= 0.3 is 7.32 Å². The van der Waals surface area contributed by atoms with Crippen LogP contribution in [-0.4, -0.2) is 17.3 Å². The van der Waals surface area contributed by atoms with Gasteiger partial charge in [-0.2, -0.15) is 8.78 Å². The Kier molecular flexibility index (Phi) is 7.91. The van der Waals surface area contributed by atoms with Crippen LogP contribution in [0.3, 0.4) is 0 Å². The lowest BCUT2D eigenvalue weighted by Gasteiger charge is -2.12. The number of halogens is 5. The number of hydrogen-bond donors (Lipinski definition) is 1. The van der Waals surface area contributed by atoms with E-state index in [0.717, 1.165) is 0 Å². The van der Waals surface area contributed by atoms with Crippen LogP contribution < -0.4 is 4.65 Å². The van der Waals surface area contributed by atoms with E-state index in [2.05, 4.69) is 9.64 Å². The average Bonchev–Trinajstić information content (AvgIpc) is 2.75. The van der Waals surface area contributed by atoms with E-state index in [4.69, 9.17) is 4.65 Å². The Morgan fingerprint density at radius 2 is 1.25 bits per heavy atom. The molecular weight excluding hydrogens is 384 g/mol. The standard InChI is InChI=1S/C13H8BF5O3.C5H5N/c15-8-9(16)11(18)13(12(19)10(8)17)22-14(20)21-6-7-4-2-1-3-5-7;1-2-4-6-5-3-1/h1-5,20H,6H2;1-5H. The van der Waals surface area contributed by atoms with Crippen molar-refractivity contribution in [3.63, 3.8) is 0 Å². The molecule has 0 amide bonds. The van der Waals surface area contributed by atoms with Crippen LogP contribution in [0, 0.1) is 29.1 Å². The highest BCUT2D eigenvalue weighted by atomic mass is 19.2. The molecule has 3 aromatic rings. The molecule has 0 saturated carbocycles. The molecule has 0 aliphatic carbocycles. The summed E-state index contributed by atoms with van der Waals surface area (Å²) in [5, 5.41) is 9.35. The number of benzene rings is 2. The maximum atomic E-state index is 13.3. The molecule has 0 unspecified atom stereocenters. The maximum absolute atomic E-state index is 13.3. The number of rotatable bonds is 5. The van der Waals surface area contributed by atoms with Gasteiger partial charge in [0.2, 0.25) is 29.1 Å². The summed E-state index contributed by atoms with van der Waals surface area (Å²) in [6.45, 7) is -0.197. The number of pyridine rings is 1. The van der Waals surface area contributed by atoms with Crippen LogP contribution in [0.4, 0.5) is 22.0 Å². The number of nitrogens with zero attached hydrogens (tertiary/aromatic N) is 1. The molecule has 0 aliphatic rings. The Morgan fingerprint density at radius 1 is 0.750 bits per heavy atom. The van der Waals surface area contributed by atoms with Gasteiger partial charge in [0.15, 0.2) is 5.75 Å². The van der Waals surface area contributed by atoms with Gasteiger partial charge in [-0.05, 0) is 17.7 Å². The summed E-state index contributed by atoms with van der Waals surface area (Å²) < 4.78 is 74.3. The zero-order chi connectivity index (χ0) is 20.5. The van der Waals surface area contributed by atoms with Crippen LogP contribution in [0.15, 0.2) is 60.9 Å². The van der Waals surface area contributed by atoms with E-state index < -0.39 is 42.2 Å². The van der Waals surface area contributed by atoms with E-state index in [-0.39, 0.29) is 6.61 Å². The summed E-state index contributed by atoms with van der Waals surface area (Å²) in [6.07, 6.45) is 3.50. The molecular formula is C18H13BF5NO3. The highest BCUT2D eigenvalue weighted by molar-refractivity contribution is 6.35. The van der Waals surface area contributed by atoms with E-state index in [1.54, 1.807) is 42.7 Å². The molecule has 1 heterocycles. The van der Waals surface area contributed by atoms with Crippen LogP contribution in [-0.2, 0) is 11.3 Å². The second-order valence-electron chi connectivity index (χ2n) is 5.15. The lowest BCUT2D eigenvalue weighted by atomic mass is 10.2. The van der Waals surface area contributed by atoms with Crippen molar-refractivity contribution in [2.45, 2.75) is 6.61 Å². The van der Waals surface area contributed by atoms with Gasteiger partial charge in [-0.25, -0.2) is 13.2 Å². The quantitative estimate of drug-likeness (QED) is 0.306. The summed E-state index contributed by atoms with van der Waals surface area (Å²) >= 11 is 0. The van der Waals surface area contributed by atoms with E-state index in [1.165, 1.54) is 0 Å². The van der Waals surface area contributed by atoms with Gasteiger partial charge in [0.25, 0.3) is 0 Å². The third kappa shape index (κ3) is 5.76. The molecule has 0 fully saturated rings. The number of hydrogen-bond acceptors (Lipinski definition) is 4. The van der Waals surface area contributed by atoms with Crippen molar-refractivity contribution in [3.05, 3.63) is 95.6 Å². The Bertz CT molecular complexity index is 832. The second kappa shape index (κ2) is 10.4. The minimum atomic E-state index is -2.32. The molecule has 0 bridgehead atoms. The Balaban J connectivity index is 0.000000397. The smallest absolute Gasteiger partial charge is 0.507 e. The van der Waals surface area contributed by atoms with E-state index in [9.17, 15) is 27.0 Å². The molecule has 0 saturated heterocycles. The second-order valence-corrected chi connectivity index (χ2v) is 5.15. The first-order valence-corrected chi connectivity index (χ1v) is 7.78. The van der Waals surface area contributed by atoms with Crippen molar-refractivity contribution < 1.29 is 36.3 Å². The van der Waals surface area contributed by atoms with Crippen LogP contribution in [0.25, 0.3) is 0 Å². The predicted octanol–water partition coefficient (Wildman–Crippen LogP) is 4.04. The average molecular weight is 397 g/mol. The highest BCUT2D eigenvalue weighted by Gasteiger charge is 2.30. The van der Waals surface area contributed by atoms with E-state index in [1.807, 2.05) is 18.2 Å². The van der Waals surface area contributed by atoms with Gasteiger partial charge in [-0.1, -0.05) is 36.4 Å². The summed E-state index contributed by atoms with van der Waals surface area (Å²) in [4.78, 5) is 3.78. The Morgan fingerprint density at radius 3 is 1.71 bits per heavy atom. The van der Waals surface area contributed by atoms with Crippen molar-refractivity contribution in [2.24, 2.45) is 0 Å². The summed E-state index contributed by atoms with van der Waals surface area (Å²) in [6, 6.07) is 14.1. The van der Waals surface area contributed by atoms with Crippen molar-refractivity contribution >= 4 is 7.32 Å². The van der Waals surface area contributed by atoms with Crippen molar-refractivity contribution in [3.8, 4) is 5.75 Å². The molecule has 1 aromatic heterocycles. The molecule has 3 rings (SSSR count). The summed E-state index contributed by atoms with van der Waals surface area (Å²) in [5.74, 6) is -12.7. The van der Waals surface area contributed by atoms with E-state index >= 15 is 0 Å². The van der Waals surface area contributed by atoms with Gasteiger partial charge in [-0.3, -0.25) is 4.98 Å². The fourth-order valence-corrected chi connectivity index (χ4v) is 1.88. The molecule has 0 radical (unpaired) electrons. The van der Waals surface area contributed by atoms with Crippen LogP contribution in [0.1, 0.15) is 5.56 Å². The fraction of sp³-hybridized carbons (Fsp3) is 0.0556. The molecule has 146 valence electrons. The van der Waals surface area contributed by atoms with Crippen LogP contribution >= 0.6 is 0 Å². The molecule has 0 spiro atoms. The first kappa shape index (κ1) is 21.3. The Labute approximate surface area is 157 Å². The zero-order valence-corrected chi connectivity index (χ0v) is 14.2. The molecule has 10 heteroatoms. The third-order valence-corrected chi connectivity index (χ3v) is 3.19. The van der Waals surface area contributed by atoms with Crippen LogP contribution in [0.5, 0.6) is 5.75 Å². The zero-order valence-electron chi connectivity index (χ0n) is 14.2. The van der Waals surface area contributed by atoms with Gasteiger partial charge < -0.3 is 14.3 Å². The minimum absolute atomic E-state index is 0.197. The lowest BCUT2D eigenvalue weighted by Crippen LogP contribution is -2.27. The first-order chi connectivity index (χ1) is 13.4. The molecule has 4 nitrogen and oxygen atoms in total. The largest absolute Gasteiger partial charge is 0.710 e. The summed E-state index contributed by atoms with van der Waals surface area (Å²) in [7, 11) is -2.21. The molecule has 2 aromatic carbocycles. The topological polar surface area (TPSA) is 51.6 Å². The van der Waals surface area contributed by atoms with Crippen molar-refractivity contribution in [1.82, 2.24) is 4.98 Å². The molecule has 28 heavy (non-hydrogen) atoms. The first-order valence-electron chi connectivity index (χ1n) is 7.78. The molecule has 0 atom stereocenters. The number of aromatic nitrogens is 1. The normalized spacial score (nSPS) is 10.1. The molecule has 0 aliphatic heterocycles. The van der Waals surface area contributed by atoms with Gasteiger partial charge in [0, 0.05) is 12.4 Å². The van der Waals surface area contributed by atoms with Crippen molar-refractivity contribution in [1.29, 1.82) is 0 Å².